The van der Waals surface area contributed by atoms with Crippen LogP contribution in [-0.2, 0) is 15.3 Å². The van der Waals surface area contributed by atoms with E-state index < -0.39 is 15.4 Å². The van der Waals surface area contributed by atoms with Crippen LogP contribution in [0.1, 0.15) is 52.0 Å². The van der Waals surface area contributed by atoms with Crippen LogP contribution in [0.25, 0.3) is 0 Å². The molecule has 1 aromatic carbocycles. The molecule has 1 aromatic rings. The molecule has 3 rings (SSSR count). The van der Waals surface area contributed by atoms with Gasteiger partial charge in [-0.25, -0.2) is 8.42 Å². The highest BCUT2D eigenvalue weighted by Crippen LogP contribution is 2.45. The van der Waals surface area contributed by atoms with Gasteiger partial charge in [-0.1, -0.05) is 32.9 Å². The minimum absolute atomic E-state index is 0.0220. The van der Waals surface area contributed by atoms with Crippen molar-refractivity contribution in [2.24, 2.45) is 5.92 Å². The quantitative estimate of drug-likeness (QED) is 0.871. The lowest BCUT2D eigenvalue weighted by atomic mass is 9.87. The van der Waals surface area contributed by atoms with E-state index in [-0.39, 0.29) is 11.2 Å². The Morgan fingerprint density at radius 2 is 1.84 bits per heavy atom. The lowest BCUT2D eigenvalue weighted by Crippen LogP contribution is -2.43. The molecule has 0 amide bonds. The van der Waals surface area contributed by atoms with Crippen LogP contribution >= 0.6 is 0 Å². The molecule has 1 unspecified atom stereocenters. The molecule has 1 atom stereocenters. The molecule has 4 nitrogen and oxygen atoms in total. The standard InChI is InChI=1S/C20H31NO3S/c1-19(2,3)16-6-8-18(9-7-16)25(23,24)14-13-21-12-4-5-17(15-21)20(22)10-11-20/h6-9,17,22H,4-5,10-15H2,1-3H3. The average Bonchev–Trinajstić information content (AvgIpc) is 3.32. The van der Waals surface area contributed by atoms with Crippen LogP contribution in [-0.4, -0.2) is 49.4 Å². The van der Waals surface area contributed by atoms with Crippen molar-refractivity contribution in [3.05, 3.63) is 29.8 Å². The molecule has 0 radical (unpaired) electrons. The Labute approximate surface area is 152 Å². The van der Waals surface area contributed by atoms with Crippen LogP contribution in [0, 0.1) is 5.92 Å². The van der Waals surface area contributed by atoms with Gasteiger partial charge < -0.3 is 10.0 Å². The fourth-order valence-electron chi connectivity index (χ4n) is 3.76. The molecule has 0 bridgehead atoms. The summed E-state index contributed by atoms with van der Waals surface area (Å²) in [6, 6.07) is 7.32. The zero-order valence-corrected chi connectivity index (χ0v) is 16.5. The summed E-state index contributed by atoms with van der Waals surface area (Å²) < 4.78 is 25.3. The third kappa shape index (κ3) is 4.44. The maximum absolute atomic E-state index is 12.7. The predicted octanol–water partition coefficient (Wildman–Crippen LogP) is 2.99. The Morgan fingerprint density at radius 1 is 1.20 bits per heavy atom. The largest absolute Gasteiger partial charge is 0.390 e. The molecular weight excluding hydrogens is 334 g/mol. The van der Waals surface area contributed by atoms with E-state index in [0.717, 1.165) is 44.3 Å². The van der Waals surface area contributed by atoms with Crippen LogP contribution in [0.4, 0.5) is 0 Å². The van der Waals surface area contributed by atoms with E-state index in [9.17, 15) is 13.5 Å². The molecule has 1 saturated heterocycles. The Balaban J connectivity index is 1.60. The zero-order chi connectivity index (χ0) is 18.3. The van der Waals surface area contributed by atoms with Gasteiger partial charge >= 0.3 is 0 Å². The van der Waals surface area contributed by atoms with Gasteiger partial charge in [-0.05, 0) is 55.3 Å². The van der Waals surface area contributed by atoms with Gasteiger partial charge in [-0.2, -0.15) is 0 Å². The summed E-state index contributed by atoms with van der Waals surface area (Å²) in [4.78, 5) is 2.63. The lowest BCUT2D eigenvalue weighted by Gasteiger charge is -2.35. The number of hydrogen-bond acceptors (Lipinski definition) is 4. The minimum atomic E-state index is -3.26. The maximum atomic E-state index is 12.7. The normalized spacial score (nSPS) is 24.2. The molecule has 1 heterocycles. The van der Waals surface area contributed by atoms with Gasteiger partial charge in [0.2, 0.25) is 0 Å². The van der Waals surface area contributed by atoms with Crippen LogP contribution in [0.15, 0.2) is 29.2 Å². The van der Waals surface area contributed by atoms with Gasteiger partial charge in [0.15, 0.2) is 9.84 Å². The van der Waals surface area contributed by atoms with Crippen molar-refractivity contribution in [2.45, 2.75) is 62.4 Å². The summed E-state index contributed by atoms with van der Waals surface area (Å²) in [7, 11) is -3.26. The average molecular weight is 366 g/mol. The topological polar surface area (TPSA) is 57.6 Å². The predicted molar refractivity (Wildman–Crippen MR) is 101 cm³/mol. The molecule has 1 aliphatic carbocycles. The third-order valence-electron chi connectivity index (χ3n) is 5.78. The minimum Gasteiger partial charge on any atom is -0.390 e. The summed E-state index contributed by atoms with van der Waals surface area (Å²) >= 11 is 0. The molecule has 2 aliphatic rings. The Hall–Kier alpha value is -0.910. The van der Waals surface area contributed by atoms with E-state index in [0.29, 0.717) is 17.4 Å². The second-order valence-corrected chi connectivity index (χ2v) is 10.9. The second kappa shape index (κ2) is 6.67. The van der Waals surface area contributed by atoms with Crippen molar-refractivity contribution in [1.82, 2.24) is 4.90 Å². The van der Waals surface area contributed by atoms with Crippen molar-refractivity contribution in [2.75, 3.05) is 25.4 Å². The summed E-state index contributed by atoms with van der Waals surface area (Å²) in [5, 5.41) is 10.3. The van der Waals surface area contributed by atoms with Crippen LogP contribution < -0.4 is 0 Å². The molecular formula is C20H31NO3S. The maximum Gasteiger partial charge on any atom is 0.179 e. The molecule has 25 heavy (non-hydrogen) atoms. The number of benzene rings is 1. The second-order valence-electron chi connectivity index (χ2n) is 8.84. The molecule has 1 N–H and O–H groups in total. The summed E-state index contributed by atoms with van der Waals surface area (Å²) in [5.74, 6) is 0.461. The number of piperidine rings is 1. The fraction of sp³-hybridized carbons (Fsp3) is 0.700. The first-order valence-corrected chi connectivity index (χ1v) is 11.0. The Kier molecular flexibility index (Phi) is 5.04. The van der Waals surface area contributed by atoms with E-state index in [1.54, 1.807) is 12.1 Å². The highest BCUT2D eigenvalue weighted by atomic mass is 32.2. The number of likely N-dealkylation sites (tertiary alicyclic amines) is 1. The van der Waals surface area contributed by atoms with Crippen molar-refractivity contribution in [3.8, 4) is 0 Å². The molecule has 0 aromatic heterocycles. The monoisotopic (exact) mass is 365 g/mol. The van der Waals surface area contributed by atoms with Crippen molar-refractivity contribution in [1.29, 1.82) is 0 Å². The molecule has 1 saturated carbocycles. The zero-order valence-electron chi connectivity index (χ0n) is 15.7. The Bertz CT molecular complexity index is 699. The SMILES string of the molecule is CC(C)(C)c1ccc(S(=O)(=O)CCN2CCCC(C3(O)CC3)C2)cc1. The van der Waals surface area contributed by atoms with Crippen LogP contribution in [0.5, 0.6) is 0 Å². The number of sulfone groups is 1. The van der Waals surface area contributed by atoms with Gasteiger partial charge in [-0.3, -0.25) is 0 Å². The summed E-state index contributed by atoms with van der Waals surface area (Å²) in [6.45, 7) is 8.68. The van der Waals surface area contributed by atoms with Crippen LogP contribution in [0.2, 0.25) is 0 Å². The van der Waals surface area contributed by atoms with Gasteiger partial charge in [0.25, 0.3) is 0 Å². The smallest absolute Gasteiger partial charge is 0.179 e. The lowest BCUT2D eigenvalue weighted by molar-refractivity contribution is 0.0334. The van der Waals surface area contributed by atoms with E-state index in [1.165, 1.54) is 0 Å². The molecule has 5 heteroatoms. The number of hydrogen-bond donors (Lipinski definition) is 1. The molecule has 1 aliphatic heterocycles. The van der Waals surface area contributed by atoms with E-state index in [4.69, 9.17) is 0 Å². The van der Waals surface area contributed by atoms with Crippen molar-refractivity contribution < 1.29 is 13.5 Å². The summed E-state index contributed by atoms with van der Waals surface area (Å²) in [6.07, 6.45) is 3.93. The molecule has 140 valence electrons. The Morgan fingerprint density at radius 3 is 2.40 bits per heavy atom. The van der Waals surface area contributed by atoms with E-state index in [2.05, 4.69) is 25.7 Å². The van der Waals surface area contributed by atoms with E-state index >= 15 is 0 Å². The van der Waals surface area contributed by atoms with Gasteiger partial charge in [-0.15, -0.1) is 0 Å². The fourth-order valence-corrected chi connectivity index (χ4v) is 5.05. The number of nitrogens with zero attached hydrogens (tertiary/aromatic N) is 1. The molecule has 2 fully saturated rings. The van der Waals surface area contributed by atoms with Crippen LogP contribution in [0.3, 0.4) is 0 Å². The van der Waals surface area contributed by atoms with Gasteiger partial charge in [0.1, 0.15) is 0 Å². The van der Waals surface area contributed by atoms with Gasteiger partial charge in [0.05, 0.1) is 16.2 Å². The summed E-state index contributed by atoms with van der Waals surface area (Å²) in [5.41, 5.74) is 0.706. The van der Waals surface area contributed by atoms with E-state index in [1.807, 2.05) is 12.1 Å². The highest BCUT2D eigenvalue weighted by molar-refractivity contribution is 7.91. The first-order valence-electron chi connectivity index (χ1n) is 9.38. The van der Waals surface area contributed by atoms with Crippen molar-refractivity contribution >= 4 is 9.84 Å². The first-order chi connectivity index (χ1) is 11.6. The highest BCUT2D eigenvalue weighted by Gasteiger charge is 2.48. The first kappa shape index (κ1) is 18.9. The van der Waals surface area contributed by atoms with Gasteiger partial charge in [0, 0.05) is 19.0 Å². The molecule has 0 spiro atoms. The third-order valence-corrected chi connectivity index (χ3v) is 7.49. The van der Waals surface area contributed by atoms with Crippen molar-refractivity contribution in [3.63, 3.8) is 0 Å². The number of aliphatic hydroxyl groups is 1. The number of rotatable bonds is 5.